The standard InChI is InChI=1S/C21H25F2N5O2.HI/c1-25-21(26-12-14-5-4-6-15(11-14)19(24)29)27-16-9-10-28(13-16)17-7-2-3-8-18(17)30-20(22)23;/h2-8,11,16,20H,9-10,12-13H2,1H3,(H2,24,29)(H2,25,26,27);1H. The van der Waals surface area contributed by atoms with Crippen LogP contribution in [-0.4, -0.2) is 44.7 Å². The molecule has 0 aliphatic carbocycles. The molecule has 2 aromatic carbocycles. The number of nitrogens with two attached hydrogens (primary N) is 1. The average molecular weight is 545 g/mol. The first-order valence-corrected chi connectivity index (χ1v) is 9.61. The zero-order chi connectivity index (χ0) is 21.5. The number of carbonyl (C=O) groups excluding carboxylic acids is 1. The van der Waals surface area contributed by atoms with Crippen LogP contribution in [0.3, 0.4) is 0 Å². The molecule has 168 valence electrons. The van der Waals surface area contributed by atoms with E-state index in [1.165, 1.54) is 0 Å². The number of nitrogens with one attached hydrogen (secondary N) is 2. The summed E-state index contributed by atoms with van der Waals surface area (Å²) in [4.78, 5) is 17.6. The zero-order valence-electron chi connectivity index (χ0n) is 17.1. The second-order valence-corrected chi connectivity index (χ2v) is 6.91. The highest BCUT2D eigenvalue weighted by Crippen LogP contribution is 2.31. The minimum Gasteiger partial charge on any atom is -0.433 e. The lowest BCUT2D eigenvalue weighted by Gasteiger charge is -2.22. The number of para-hydroxylation sites is 2. The number of rotatable bonds is 7. The van der Waals surface area contributed by atoms with Crippen LogP contribution in [0.25, 0.3) is 0 Å². The van der Waals surface area contributed by atoms with E-state index in [1.54, 1.807) is 49.5 Å². The first-order chi connectivity index (χ1) is 14.5. The van der Waals surface area contributed by atoms with Crippen molar-refractivity contribution in [3.8, 4) is 5.75 Å². The maximum atomic E-state index is 12.7. The van der Waals surface area contributed by atoms with E-state index in [0.717, 1.165) is 12.0 Å². The molecule has 0 saturated carbocycles. The van der Waals surface area contributed by atoms with Crippen LogP contribution >= 0.6 is 24.0 Å². The Hall–Kier alpha value is -2.63. The van der Waals surface area contributed by atoms with E-state index < -0.39 is 12.5 Å². The third-order valence-corrected chi connectivity index (χ3v) is 4.85. The Balaban J connectivity index is 0.00000341. The minimum absolute atomic E-state index is 0. The van der Waals surface area contributed by atoms with Gasteiger partial charge in [-0.1, -0.05) is 24.3 Å². The molecule has 1 unspecified atom stereocenters. The van der Waals surface area contributed by atoms with Crippen molar-refractivity contribution in [2.45, 2.75) is 25.6 Å². The van der Waals surface area contributed by atoms with E-state index >= 15 is 0 Å². The van der Waals surface area contributed by atoms with Gasteiger partial charge in [-0.05, 0) is 36.2 Å². The van der Waals surface area contributed by atoms with Gasteiger partial charge in [-0.3, -0.25) is 9.79 Å². The molecule has 4 N–H and O–H groups in total. The van der Waals surface area contributed by atoms with Crippen molar-refractivity contribution in [3.63, 3.8) is 0 Å². The van der Waals surface area contributed by atoms with Gasteiger partial charge in [0.05, 0.1) is 5.69 Å². The predicted molar refractivity (Wildman–Crippen MR) is 127 cm³/mol. The number of hydrogen-bond donors (Lipinski definition) is 3. The number of anilines is 1. The van der Waals surface area contributed by atoms with Gasteiger partial charge in [0, 0.05) is 38.3 Å². The maximum absolute atomic E-state index is 12.7. The number of benzene rings is 2. The SMILES string of the molecule is CN=C(NCc1cccc(C(N)=O)c1)NC1CCN(c2ccccc2OC(F)F)C1.I. The van der Waals surface area contributed by atoms with Gasteiger partial charge in [-0.15, -0.1) is 24.0 Å². The van der Waals surface area contributed by atoms with E-state index in [1.807, 2.05) is 11.0 Å². The number of halogens is 3. The van der Waals surface area contributed by atoms with Crippen molar-refractivity contribution in [2.24, 2.45) is 10.7 Å². The Bertz CT molecular complexity index is 913. The van der Waals surface area contributed by atoms with Gasteiger partial charge in [0.25, 0.3) is 0 Å². The summed E-state index contributed by atoms with van der Waals surface area (Å²) in [6.07, 6.45) is 0.820. The number of ether oxygens (including phenoxy) is 1. The first-order valence-electron chi connectivity index (χ1n) is 9.61. The average Bonchev–Trinajstić information content (AvgIpc) is 3.19. The second kappa shape index (κ2) is 11.7. The van der Waals surface area contributed by atoms with Gasteiger partial charge in [-0.2, -0.15) is 8.78 Å². The van der Waals surface area contributed by atoms with Crippen molar-refractivity contribution < 1.29 is 18.3 Å². The molecule has 3 rings (SSSR count). The van der Waals surface area contributed by atoms with Gasteiger partial charge < -0.3 is 26.0 Å². The fourth-order valence-electron chi connectivity index (χ4n) is 3.42. The smallest absolute Gasteiger partial charge is 0.387 e. The van der Waals surface area contributed by atoms with Crippen LogP contribution in [0.1, 0.15) is 22.3 Å². The first kappa shape index (κ1) is 24.6. The third-order valence-electron chi connectivity index (χ3n) is 4.85. The summed E-state index contributed by atoms with van der Waals surface area (Å²) < 4.78 is 30.0. The molecule has 1 aliphatic rings. The van der Waals surface area contributed by atoms with Crippen molar-refractivity contribution in [3.05, 3.63) is 59.7 Å². The molecule has 31 heavy (non-hydrogen) atoms. The summed E-state index contributed by atoms with van der Waals surface area (Å²) >= 11 is 0. The molecule has 0 bridgehead atoms. The number of hydrogen-bond acceptors (Lipinski definition) is 4. The Labute approximate surface area is 197 Å². The molecular formula is C21H26F2IN5O2. The lowest BCUT2D eigenvalue weighted by Crippen LogP contribution is -2.44. The van der Waals surface area contributed by atoms with Crippen LogP contribution in [-0.2, 0) is 6.54 Å². The van der Waals surface area contributed by atoms with Gasteiger partial charge in [0.2, 0.25) is 5.91 Å². The molecule has 1 aliphatic heterocycles. The summed E-state index contributed by atoms with van der Waals surface area (Å²) in [5.41, 5.74) is 7.32. The van der Waals surface area contributed by atoms with Crippen LogP contribution in [0.2, 0.25) is 0 Å². The maximum Gasteiger partial charge on any atom is 0.387 e. The van der Waals surface area contributed by atoms with E-state index in [-0.39, 0.29) is 35.8 Å². The summed E-state index contributed by atoms with van der Waals surface area (Å²) in [5.74, 6) is 0.315. The number of alkyl halides is 2. The molecule has 0 radical (unpaired) electrons. The number of primary amides is 1. The van der Waals surface area contributed by atoms with Crippen molar-refractivity contribution in [1.29, 1.82) is 0 Å². The zero-order valence-corrected chi connectivity index (χ0v) is 19.4. The largest absolute Gasteiger partial charge is 0.433 e. The fourth-order valence-corrected chi connectivity index (χ4v) is 3.42. The topological polar surface area (TPSA) is 92.0 Å². The molecule has 0 spiro atoms. The molecule has 1 heterocycles. The minimum atomic E-state index is -2.86. The number of carbonyl (C=O) groups is 1. The summed E-state index contributed by atoms with van der Waals surface area (Å²) in [5, 5.41) is 6.57. The summed E-state index contributed by atoms with van der Waals surface area (Å²) in [7, 11) is 1.67. The molecular weight excluding hydrogens is 519 g/mol. The van der Waals surface area contributed by atoms with Crippen LogP contribution < -0.4 is 26.0 Å². The second-order valence-electron chi connectivity index (χ2n) is 6.91. The Morgan fingerprint density at radius 3 is 2.77 bits per heavy atom. The summed E-state index contributed by atoms with van der Waals surface area (Å²) in [6.45, 7) is -1.05. The van der Waals surface area contributed by atoms with Gasteiger partial charge in [0.1, 0.15) is 5.75 Å². The molecule has 10 heteroatoms. The fraction of sp³-hybridized carbons (Fsp3) is 0.333. The Morgan fingerprint density at radius 1 is 1.29 bits per heavy atom. The van der Waals surface area contributed by atoms with Crippen molar-refractivity contribution >= 4 is 41.5 Å². The van der Waals surface area contributed by atoms with Crippen LogP contribution in [0.4, 0.5) is 14.5 Å². The Kier molecular flexibility index (Phi) is 9.28. The number of nitrogens with zero attached hydrogens (tertiary/aromatic N) is 2. The highest BCUT2D eigenvalue weighted by molar-refractivity contribution is 14.0. The number of guanidine groups is 1. The molecule has 0 aromatic heterocycles. The van der Waals surface area contributed by atoms with Crippen LogP contribution in [0.15, 0.2) is 53.5 Å². The third kappa shape index (κ3) is 6.94. The quantitative estimate of drug-likeness (QED) is 0.283. The van der Waals surface area contributed by atoms with Crippen molar-refractivity contribution in [2.75, 3.05) is 25.0 Å². The molecule has 1 atom stereocenters. The summed E-state index contributed by atoms with van der Waals surface area (Å²) in [6, 6.07) is 14.0. The lowest BCUT2D eigenvalue weighted by molar-refractivity contribution is -0.0495. The number of aliphatic imine (C=N–C) groups is 1. The normalized spacial score (nSPS) is 16.1. The van der Waals surface area contributed by atoms with Crippen LogP contribution in [0.5, 0.6) is 5.75 Å². The monoisotopic (exact) mass is 545 g/mol. The van der Waals surface area contributed by atoms with E-state index in [2.05, 4.69) is 20.4 Å². The van der Waals surface area contributed by atoms with Gasteiger partial charge in [0.15, 0.2) is 5.96 Å². The molecule has 1 amide bonds. The van der Waals surface area contributed by atoms with E-state index in [0.29, 0.717) is 36.8 Å². The Morgan fingerprint density at radius 2 is 2.06 bits per heavy atom. The van der Waals surface area contributed by atoms with Gasteiger partial charge in [-0.25, -0.2) is 0 Å². The molecule has 1 fully saturated rings. The number of amides is 1. The predicted octanol–water partition coefficient (Wildman–Crippen LogP) is 2.95. The van der Waals surface area contributed by atoms with Gasteiger partial charge >= 0.3 is 6.61 Å². The highest BCUT2D eigenvalue weighted by Gasteiger charge is 2.26. The van der Waals surface area contributed by atoms with Crippen molar-refractivity contribution in [1.82, 2.24) is 10.6 Å². The molecule has 2 aromatic rings. The highest BCUT2D eigenvalue weighted by atomic mass is 127. The van der Waals surface area contributed by atoms with Crippen LogP contribution in [0, 0.1) is 0 Å². The molecule has 1 saturated heterocycles. The van der Waals surface area contributed by atoms with E-state index in [9.17, 15) is 13.6 Å². The lowest BCUT2D eigenvalue weighted by atomic mass is 10.1. The molecule has 7 nitrogen and oxygen atoms in total. The van der Waals surface area contributed by atoms with E-state index in [4.69, 9.17) is 5.73 Å².